The zero-order chi connectivity index (χ0) is 24.4. The Hall–Kier alpha value is -4.05. The first kappa shape index (κ1) is 23.1. The fourth-order valence-electron chi connectivity index (χ4n) is 4.74. The number of esters is 1. The fraction of sp³-hybridized carbons (Fsp3) is 0.296. The van der Waals surface area contributed by atoms with Gasteiger partial charge in [0.05, 0.1) is 31.8 Å². The summed E-state index contributed by atoms with van der Waals surface area (Å²) in [5, 5.41) is 13.3. The Morgan fingerprint density at radius 1 is 1.03 bits per heavy atom. The van der Waals surface area contributed by atoms with E-state index in [4.69, 9.17) is 14.2 Å². The SMILES string of the molecule is COc1ccc(C2CC(=O)C3=C(C2)NC(C)=C(C#N)C3c2ccc(OC(C)=O)c(OC)c2)cc1. The van der Waals surface area contributed by atoms with E-state index in [1.54, 1.807) is 25.3 Å². The van der Waals surface area contributed by atoms with Gasteiger partial charge in [-0.1, -0.05) is 18.2 Å². The molecule has 0 aromatic heterocycles. The molecule has 0 fully saturated rings. The van der Waals surface area contributed by atoms with Crippen LogP contribution in [0.15, 0.2) is 65.0 Å². The molecule has 2 aliphatic rings. The third kappa shape index (κ3) is 4.27. The van der Waals surface area contributed by atoms with Crippen molar-refractivity contribution in [2.45, 2.75) is 38.5 Å². The second-order valence-electron chi connectivity index (χ2n) is 8.41. The van der Waals surface area contributed by atoms with Gasteiger partial charge in [-0.15, -0.1) is 0 Å². The Morgan fingerprint density at radius 2 is 1.74 bits per heavy atom. The molecule has 0 amide bonds. The number of nitrogens with one attached hydrogen (secondary N) is 1. The Kier molecular flexibility index (Phi) is 6.42. The molecule has 0 saturated carbocycles. The molecule has 0 spiro atoms. The van der Waals surface area contributed by atoms with Crippen molar-refractivity contribution in [3.05, 3.63) is 76.1 Å². The average molecular weight is 459 g/mol. The van der Waals surface area contributed by atoms with E-state index in [2.05, 4.69) is 11.4 Å². The number of ketones is 1. The van der Waals surface area contributed by atoms with E-state index in [1.165, 1.54) is 14.0 Å². The van der Waals surface area contributed by atoms with Gasteiger partial charge in [0.2, 0.25) is 0 Å². The van der Waals surface area contributed by atoms with Crippen LogP contribution >= 0.6 is 0 Å². The van der Waals surface area contributed by atoms with Crippen LogP contribution in [0.1, 0.15) is 49.7 Å². The number of ether oxygens (including phenoxy) is 3. The van der Waals surface area contributed by atoms with Crippen molar-refractivity contribution >= 4 is 11.8 Å². The summed E-state index contributed by atoms with van der Waals surface area (Å²) in [5.41, 5.74) is 4.44. The Balaban J connectivity index is 1.75. The van der Waals surface area contributed by atoms with Crippen molar-refractivity contribution in [2.24, 2.45) is 0 Å². The average Bonchev–Trinajstić information content (AvgIpc) is 2.83. The number of methoxy groups -OCH3 is 2. The van der Waals surface area contributed by atoms with E-state index in [-0.39, 0.29) is 17.5 Å². The molecule has 0 bridgehead atoms. The van der Waals surface area contributed by atoms with Crippen LogP contribution in [0.2, 0.25) is 0 Å². The Bertz CT molecular complexity index is 1250. The minimum Gasteiger partial charge on any atom is -0.497 e. The minimum absolute atomic E-state index is 0.00264. The topological polar surface area (TPSA) is 97.6 Å². The summed E-state index contributed by atoms with van der Waals surface area (Å²) in [7, 11) is 3.11. The molecular formula is C27H26N2O5. The van der Waals surface area contributed by atoms with Crippen molar-refractivity contribution in [1.82, 2.24) is 5.32 Å². The number of Topliss-reactive ketones (excluding diaryl/α,β-unsaturated/α-hetero) is 1. The van der Waals surface area contributed by atoms with Crippen molar-refractivity contribution in [2.75, 3.05) is 14.2 Å². The number of rotatable bonds is 5. The predicted octanol–water partition coefficient (Wildman–Crippen LogP) is 4.51. The molecule has 2 atom stereocenters. The summed E-state index contributed by atoms with van der Waals surface area (Å²) < 4.78 is 15.9. The molecule has 1 aliphatic heterocycles. The van der Waals surface area contributed by atoms with Gasteiger partial charge in [-0.05, 0) is 54.7 Å². The van der Waals surface area contributed by atoms with E-state index in [0.717, 1.165) is 28.3 Å². The Labute approximate surface area is 198 Å². The second-order valence-corrected chi connectivity index (χ2v) is 8.41. The van der Waals surface area contributed by atoms with E-state index < -0.39 is 11.9 Å². The number of allylic oxidation sites excluding steroid dienone is 4. The van der Waals surface area contributed by atoms with Gasteiger partial charge in [0.25, 0.3) is 0 Å². The lowest BCUT2D eigenvalue weighted by molar-refractivity contribution is -0.132. The summed E-state index contributed by atoms with van der Waals surface area (Å²) in [5.74, 6) is 0.471. The van der Waals surface area contributed by atoms with Crippen LogP contribution in [0, 0.1) is 11.3 Å². The molecule has 174 valence electrons. The smallest absolute Gasteiger partial charge is 0.308 e. The predicted molar refractivity (Wildman–Crippen MR) is 125 cm³/mol. The van der Waals surface area contributed by atoms with Crippen molar-refractivity contribution in [1.29, 1.82) is 5.26 Å². The molecular weight excluding hydrogens is 432 g/mol. The highest BCUT2D eigenvalue weighted by molar-refractivity contribution is 6.00. The van der Waals surface area contributed by atoms with Crippen LogP contribution in [0.25, 0.3) is 0 Å². The van der Waals surface area contributed by atoms with Gasteiger partial charge in [0.1, 0.15) is 5.75 Å². The van der Waals surface area contributed by atoms with Gasteiger partial charge in [-0.2, -0.15) is 5.26 Å². The first-order valence-corrected chi connectivity index (χ1v) is 11.0. The number of benzene rings is 2. The zero-order valence-electron chi connectivity index (χ0n) is 19.6. The lowest BCUT2D eigenvalue weighted by Gasteiger charge is -2.35. The van der Waals surface area contributed by atoms with Crippen LogP contribution < -0.4 is 19.5 Å². The number of dihydropyridines is 1. The van der Waals surface area contributed by atoms with Gasteiger partial charge < -0.3 is 19.5 Å². The molecule has 1 N–H and O–H groups in total. The van der Waals surface area contributed by atoms with E-state index in [9.17, 15) is 14.9 Å². The minimum atomic E-state index is -0.522. The van der Waals surface area contributed by atoms with Gasteiger partial charge in [0.15, 0.2) is 17.3 Å². The van der Waals surface area contributed by atoms with Gasteiger partial charge in [-0.25, -0.2) is 0 Å². The van der Waals surface area contributed by atoms with E-state index in [1.807, 2.05) is 31.2 Å². The number of nitriles is 1. The lowest BCUT2D eigenvalue weighted by Crippen LogP contribution is -2.33. The molecule has 0 saturated heterocycles. The maximum atomic E-state index is 13.5. The summed E-state index contributed by atoms with van der Waals surface area (Å²) >= 11 is 0. The summed E-state index contributed by atoms with van der Waals surface area (Å²) in [4.78, 5) is 24.9. The normalized spacial score (nSPS) is 19.7. The molecule has 2 aromatic carbocycles. The fourth-order valence-corrected chi connectivity index (χ4v) is 4.74. The van der Waals surface area contributed by atoms with Crippen LogP contribution in [-0.2, 0) is 9.59 Å². The third-order valence-electron chi connectivity index (χ3n) is 6.31. The Morgan fingerprint density at radius 3 is 2.35 bits per heavy atom. The molecule has 0 radical (unpaired) electrons. The highest BCUT2D eigenvalue weighted by Crippen LogP contribution is 2.46. The van der Waals surface area contributed by atoms with Gasteiger partial charge in [0, 0.05) is 30.3 Å². The molecule has 34 heavy (non-hydrogen) atoms. The standard InChI is InChI=1S/C27H26N2O5/c1-15-21(14-28)26(18-7-10-24(34-16(2)30)25(13-18)33-4)27-22(29-15)11-19(12-23(27)31)17-5-8-20(32-3)9-6-17/h5-10,13,19,26,29H,11-12H2,1-4H3. The number of carbonyl (C=O) groups excluding carboxylic acids is 2. The summed E-state index contributed by atoms with van der Waals surface area (Å²) in [6.07, 6.45) is 1.01. The van der Waals surface area contributed by atoms with Gasteiger partial charge in [-0.3, -0.25) is 9.59 Å². The van der Waals surface area contributed by atoms with E-state index in [0.29, 0.717) is 29.7 Å². The molecule has 1 heterocycles. The number of hydrogen-bond donors (Lipinski definition) is 1. The van der Waals surface area contributed by atoms with Crippen molar-refractivity contribution in [3.8, 4) is 23.3 Å². The highest BCUT2D eigenvalue weighted by Gasteiger charge is 2.39. The largest absolute Gasteiger partial charge is 0.497 e. The highest BCUT2D eigenvalue weighted by atomic mass is 16.6. The van der Waals surface area contributed by atoms with E-state index >= 15 is 0 Å². The first-order chi connectivity index (χ1) is 16.4. The lowest BCUT2D eigenvalue weighted by atomic mass is 9.72. The van der Waals surface area contributed by atoms with Crippen molar-refractivity contribution in [3.63, 3.8) is 0 Å². The maximum Gasteiger partial charge on any atom is 0.308 e. The molecule has 7 nitrogen and oxygen atoms in total. The van der Waals surface area contributed by atoms with Crippen LogP contribution in [-0.4, -0.2) is 26.0 Å². The monoisotopic (exact) mass is 458 g/mol. The maximum absolute atomic E-state index is 13.5. The molecule has 2 aromatic rings. The third-order valence-corrected chi connectivity index (χ3v) is 6.31. The van der Waals surface area contributed by atoms with Crippen LogP contribution in [0.3, 0.4) is 0 Å². The van der Waals surface area contributed by atoms with Crippen LogP contribution in [0.4, 0.5) is 0 Å². The summed E-state index contributed by atoms with van der Waals surface area (Å²) in [6, 6.07) is 15.2. The number of nitrogens with zero attached hydrogens (tertiary/aromatic N) is 1. The molecule has 1 aliphatic carbocycles. The number of carbonyl (C=O) groups is 2. The van der Waals surface area contributed by atoms with Crippen molar-refractivity contribution < 1.29 is 23.8 Å². The first-order valence-electron chi connectivity index (χ1n) is 11.0. The quantitative estimate of drug-likeness (QED) is 0.520. The molecule has 4 rings (SSSR count). The number of hydrogen-bond acceptors (Lipinski definition) is 7. The second kappa shape index (κ2) is 9.44. The molecule has 2 unspecified atom stereocenters. The van der Waals surface area contributed by atoms with Crippen LogP contribution in [0.5, 0.6) is 17.2 Å². The molecule has 7 heteroatoms. The summed E-state index contributed by atoms with van der Waals surface area (Å²) in [6.45, 7) is 3.17. The van der Waals surface area contributed by atoms with Gasteiger partial charge >= 0.3 is 5.97 Å². The zero-order valence-corrected chi connectivity index (χ0v) is 19.6.